The van der Waals surface area contributed by atoms with Crippen LogP contribution in [0, 0.1) is 0 Å². The summed E-state index contributed by atoms with van der Waals surface area (Å²) in [5.74, 6) is 0. The Morgan fingerprint density at radius 2 is 0.889 bits per heavy atom. The minimum Gasteiger partial charge on any atom is -0.341 e. The zero-order valence-electron chi connectivity index (χ0n) is 30.7. The molecule has 0 radical (unpaired) electrons. The van der Waals surface area contributed by atoms with Gasteiger partial charge in [-0.2, -0.15) is 0 Å². The molecule has 0 N–H and O–H groups in total. The van der Waals surface area contributed by atoms with Gasteiger partial charge in [-0.15, -0.1) is 0 Å². The Labute approximate surface area is 315 Å². The smallest absolute Gasteiger partial charge is 0.0541 e. The molecule has 10 aromatic rings. The van der Waals surface area contributed by atoms with Crippen molar-refractivity contribution in [2.45, 2.75) is 33.4 Å². The first-order valence-electron chi connectivity index (χ1n) is 19.2. The predicted molar refractivity (Wildman–Crippen MR) is 233 cm³/mol. The lowest BCUT2D eigenvalue weighted by molar-refractivity contribution is 0.827. The highest BCUT2D eigenvalue weighted by molar-refractivity contribution is 6.11. The Morgan fingerprint density at radius 1 is 0.389 bits per heavy atom. The summed E-state index contributed by atoms with van der Waals surface area (Å²) < 4.78 is 7.24. The van der Waals surface area contributed by atoms with E-state index in [9.17, 15) is 0 Å². The molecule has 54 heavy (non-hydrogen) atoms. The van der Waals surface area contributed by atoms with E-state index in [0.29, 0.717) is 0 Å². The van der Waals surface area contributed by atoms with Gasteiger partial charge in [0.1, 0.15) is 0 Å². The lowest BCUT2D eigenvalue weighted by Crippen LogP contribution is -1.93. The normalized spacial score (nSPS) is 12.3. The third-order valence-electron chi connectivity index (χ3n) is 11.2. The standard InChI is InChI=1S/C51H41N3/c1-3-52-46-19-10-8-17-40(46)42-27-23-36(33-50(42)52)14-12-13-35-25-29-48-44(31-35)45-32-37(26-30-49(45)54(48)39-15-6-5-7-16-39)21-22-38-24-28-43-41-18-9-11-20-47(41)53(4-2)51(43)34-38/h5-12,14-34H,3-4,13H2,1-2H3. The zero-order valence-corrected chi connectivity index (χ0v) is 30.7. The van der Waals surface area contributed by atoms with E-state index in [2.05, 4.69) is 204 Å². The summed E-state index contributed by atoms with van der Waals surface area (Å²) >= 11 is 0. The summed E-state index contributed by atoms with van der Waals surface area (Å²) in [6.45, 7) is 6.35. The molecule has 3 heterocycles. The van der Waals surface area contributed by atoms with Crippen LogP contribution >= 0.6 is 0 Å². The number of allylic oxidation sites excluding steroid dienone is 1. The molecule has 0 fully saturated rings. The highest BCUT2D eigenvalue weighted by Gasteiger charge is 2.14. The molecular formula is C51H41N3. The van der Waals surface area contributed by atoms with E-state index in [-0.39, 0.29) is 0 Å². The van der Waals surface area contributed by atoms with Crippen LogP contribution in [0.2, 0.25) is 0 Å². The Balaban J connectivity index is 1.00. The number of aromatic nitrogens is 3. The first-order valence-corrected chi connectivity index (χ1v) is 19.2. The largest absolute Gasteiger partial charge is 0.341 e. The molecule has 0 bridgehead atoms. The minimum absolute atomic E-state index is 0.860. The van der Waals surface area contributed by atoms with Crippen molar-refractivity contribution in [1.82, 2.24) is 13.7 Å². The van der Waals surface area contributed by atoms with E-state index in [1.807, 2.05) is 0 Å². The van der Waals surface area contributed by atoms with Crippen molar-refractivity contribution in [3.05, 3.63) is 180 Å². The molecule has 3 heteroatoms. The lowest BCUT2D eigenvalue weighted by atomic mass is 10.0. The Kier molecular flexibility index (Phi) is 7.80. The number of fused-ring (bicyclic) bond motifs is 9. The van der Waals surface area contributed by atoms with Crippen LogP contribution in [0.1, 0.15) is 36.1 Å². The maximum absolute atomic E-state index is 2.42. The van der Waals surface area contributed by atoms with E-state index in [1.54, 1.807) is 0 Å². The molecule has 0 amide bonds. The number of hydrogen-bond donors (Lipinski definition) is 0. The van der Waals surface area contributed by atoms with Crippen molar-refractivity contribution >= 4 is 83.6 Å². The van der Waals surface area contributed by atoms with Crippen LogP contribution in [0.3, 0.4) is 0 Å². The number of aryl methyl sites for hydroxylation is 2. The monoisotopic (exact) mass is 695 g/mol. The first kappa shape index (κ1) is 32.1. The van der Waals surface area contributed by atoms with Gasteiger partial charge in [0, 0.05) is 73.2 Å². The van der Waals surface area contributed by atoms with Crippen molar-refractivity contribution < 1.29 is 0 Å². The second kappa shape index (κ2) is 13.1. The second-order valence-corrected chi connectivity index (χ2v) is 14.3. The van der Waals surface area contributed by atoms with E-state index >= 15 is 0 Å². The topological polar surface area (TPSA) is 14.8 Å². The molecule has 260 valence electrons. The third-order valence-corrected chi connectivity index (χ3v) is 11.2. The van der Waals surface area contributed by atoms with E-state index in [1.165, 1.54) is 93.4 Å². The quantitative estimate of drug-likeness (QED) is 0.141. The van der Waals surface area contributed by atoms with Gasteiger partial charge < -0.3 is 13.7 Å². The fourth-order valence-corrected chi connectivity index (χ4v) is 8.72. The van der Waals surface area contributed by atoms with Gasteiger partial charge >= 0.3 is 0 Å². The van der Waals surface area contributed by atoms with E-state index < -0.39 is 0 Å². The molecule has 0 spiro atoms. The van der Waals surface area contributed by atoms with Crippen LogP contribution in [-0.4, -0.2) is 13.7 Å². The van der Waals surface area contributed by atoms with Gasteiger partial charge in [-0.25, -0.2) is 0 Å². The molecule has 10 rings (SSSR count). The Hall–Kier alpha value is -6.58. The van der Waals surface area contributed by atoms with Gasteiger partial charge in [0.05, 0.1) is 11.0 Å². The van der Waals surface area contributed by atoms with Crippen LogP contribution in [0.15, 0.2) is 158 Å². The number of nitrogens with zero attached hydrogens (tertiary/aromatic N) is 3. The maximum atomic E-state index is 2.42. The molecule has 0 aliphatic carbocycles. The molecule has 3 aromatic heterocycles. The van der Waals surface area contributed by atoms with Gasteiger partial charge in [-0.3, -0.25) is 0 Å². The average molecular weight is 696 g/mol. The molecular weight excluding hydrogens is 655 g/mol. The molecule has 0 aliphatic heterocycles. The molecule has 0 atom stereocenters. The molecule has 3 nitrogen and oxygen atoms in total. The summed E-state index contributed by atoms with van der Waals surface area (Å²) in [5, 5.41) is 7.81. The van der Waals surface area contributed by atoms with Gasteiger partial charge in [0.2, 0.25) is 0 Å². The van der Waals surface area contributed by atoms with Crippen molar-refractivity contribution in [2.24, 2.45) is 0 Å². The van der Waals surface area contributed by atoms with Crippen LogP contribution in [-0.2, 0) is 19.5 Å². The number of rotatable bonds is 8. The third kappa shape index (κ3) is 5.27. The minimum atomic E-state index is 0.860. The summed E-state index contributed by atoms with van der Waals surface area (Å²) in [7, 11) is 0. The summed E-state index contributed by atoms with van der Waals surface area (Å²) in [4.78, 5) is 0. The number of para-hydroxylation sites is 3. The summed E-state index contributed by atoms with van der Waals surface area (Å²) in [6.07, 6.45) is 9.95. The molecule has 0 saturated carbocycles. The van der Waals surface area contributed by atoms with E-state index in [4.69, 9.17) is 0 Å². The first-order chi connectivity index (χ1) is 26.7. The van der Waals surface area contributed by atoms with Crippen LogP contribution in [0.25, 0.3) is 89.3 Å². The van der Waals surface area contributed by atoms with Crippen molar-refractivity contribution in [1.29, 1.82) is 0 Å². The van der Waals surface area contributed by atoms with E-state index in [0.717, 1.165) is 19.5 Å². The van der Waals surface area contributed by atoms with Gasteiger partial charge in [0.25, 0.3) is 0 Å². The highest BCUT2D eigenvalue weighted by Crippen LogP contribution is 2.35. The second-order valence-electron chi connectivity index (χ2n) is 14.3. The molecule has 0 saturated heterocycles. The number of benzene rings is 7. The number of hydrogen-bond acceptors (Lipinski definition) is 0. The van der Waals surface area contributed by atoms with Crippen LogP contribution in [0.4, 0.5) is 0 Å². The molecule has 0 aliphatic rings. The van der Waals surface area contributed by atoms with Gasteiger partial charge in [-0.05, 0) is 103 Å². The Bertz CT molecular complexity index is 3090. The van der Waals surface area contributed by atoms with Crippen molar-refractivity contribution in [3.8, 4) is 5.69 Å². The predicted octanol–water partition coefficient (Wildman–Crippen LogP) is 13.5. The van der Waals surface area contributed by atoms with Crippen LogP contribution in [0.5, 0.6) is 0 Å². The highest BCUT2D eigenvalue weighted by atomic mass is 15.0. The zero-order chi connectivity index (χ0) is 36.2. The van der Waals surface area contributed by atoms with Crippen molar-refractivity contribution in [2.75, 3.05) is 0 Å². The fraction of sp³-hybridized carbons (Fsp3) is 0.0980. The SMILES string of the molecule is CCn1c2ccccc2c2ccc(C=CCc3ccc4c(c3)c3cc(C=Cc5ccc6c7ccccc7n(CC)c6c5)ccc3n4-c3ccccc3)cc21. The molecule has 7 aromatic carbocycles. The van der Waals surface area contributed by atoms with Crippen LogP contribution < -0.4 is 0 Å². The molecule has 0 unspecified atom stereocenters. The Morgan fingerprint density at radius 3 is 1.52 bits per heavy atom. The summed E-state index contributed by atoms with van der Waals surface area (Å²) in [5.41, 5.74) is 13.7. The van der Waals surface area contributed by atoms with Gasteiger partial charge in [0.15, 0.2) is 0 Å². The summed E-state index contributed by atoms with van der Waals surface area (Å²) in [6, 6.07) is 55.8. The van der Waals surface area contributed by atoms with Gasteiger partial charge in [-0.1, -0.05) is 115 Å². The average Bonchev–Trinajstić information content (AvgIpc) is 3.84. The fourth-order valence-electron chi connectivity index (χ4n) is 8.72. The van der Waals surface area contributed by atoms with Crippen molar-refractivity contribution in [3.63, 3.8) is 0 Å². The maximum Gasteiger partial charge on any atom is 0.0541 e. The lowest BCUT2D eigenvalue weighted by Gasteiger charge is -2.08.